The SMILES string of the molecule is COc1cc(/C=N/NC(=O)Cc2n[nH]c(=O)[nH]c2=O)cc([N+](=O)[O-])c1O. The number of rotatable bonds is 6. The summed E-state index contributed by atoms with van der Waals surface area (Å²) in [5.74, 6) is -1.50. The van der Waals surface area contributed by atoms with Gasteiger partial charge in [-0.25, -0.2) is 15.3 Å². The van der Waals surface area contributed by atoms with Crippen LogP contribution in [0, 0.1) is 10.1 Å². The Morgan fingerprint density at radius 3 is 2.85 bits per heavy atom. The number of aromatic amines is 2. The van der Waals surface area contributed by atoms with Crippen molar-refractivity contribution in [2.24, 2.45) is 5.10 Å². The molecule has 2 aromatic rings. The highest BCUT2D eigenvalue weighted by molar-refractivity contribution is 5.85. The van der Waals surface area contributed by atoms with Gasteiger partial charge in [-0.05, 0) is 6.07 Å². The van der Waals surface area contributed by atoms with Gasteiger partial charge < -0.3 is 9.84 Å². The van der Waals surface area contributed by atoms with Gasteiger partial charge in [-0.15, -0.1) is 0 Å². The molecule has 1 aromatic carbocycles. The molecule has 0 atom stereocenters. The van der Waals surface area contributed by atoms with Gasteiger partial charge in [-0.2, -0.15) is 10.2 Å². The van der Waals surface area contributed by atoms with Crippen molar-refractivity contribution in [1.29, 1.82) is 0 Å². The topological polar surface area (TPSA) is 193 Å². The van der Waals surface area contributed by atoms with Crippen molar-refractivity contribution in [3.8, 4) is 11.5 Å². The number of phenolic OH excluding ortho intramolecular Hbond substituents is 1. The zero-order valence-corrected chi connectivity index (χ0v) is 13.2. The number of ether oxygens (including phenoxy) is 1. The lowest BCUT2D eigenvalue weighted by atomic mass is 10.2. The minimum atomic E-state index is -0.813. The smallest absolute Gasteiger partial charge is 0.342 e. The van der Waals surface area contributed by atoms with Gasteiger partial charge in [-0.3, -0.25) is 24.7 Å². The van der Waals surface area contributed by atoms with E-state index >= 15 is 0 Å². The van der Waals surface area contributed by atoms with Crippen LogP contribution in [0.2, 0.25) is 0 Å². The fourth-order valence-electron chi connectivity index (χ4n) is 1.85. The van der Waals surface area contributed by atoms with E-state index in [1.54, 1.807) is 0 Å². The van der Waals surface area contributed by atoms with Crippen LogP contribution in [-0.4, -0.2) is 44.4 Å². The van der Waals surface area contributed by atoms with E-state index in [4.69, 9.17) is 4.74 Å². The van der Waals surface area contributed by atoms with Crippen molar-refractivity contribution >= 4 is 17.8 Å². The molecule has 13 heteroatoms. The lowest BCUT2D eigenvalue weighted by Gasteiger charge is -2.05. The van der Waals surface area contributed by atoms with Crippen LogP contribution in [0.3, 0.4) is 0 Å². The van der Waals surface area contributed by atoms with Gasteiger partial charge in [0.25, 0.3) is 5.56 Å². The zero-order valence-electron chi connectivity index (χ0n) is 13.2. The van der Waals surface area contributed by atoms with Gasteiger partial charge in [0.15, 0.2) is 5.75 Å². The van der Waals surface area contributed by atoms with E-state index in [2.05, 4.69) is 15.6 Å². The van der Waals surface area contributed by atoms with Crippen LogP contribution < -0.4 is 21.4 Å². The van der Waals surface area contributed by atoms with Crippen LogP contribution in [0.5, 0.6) is 11.5 Å². The Labute approximate surface area is 143 Å². The number of nitrogens with one attached hydrogen (secondary N) is 3. The number of H-pyrrole nitrogens is 2. The molecule has 0 saturated heterocycles. The maximum Gasteiger partial charge on any atom is 0.342 e. The Balaban J connectivity index is 2.11. The van der Waals surface area contributed by atoms with Crippen molar-refractivity contribution in [3.63, 3.8) is 0 Å². The average Bonchev–Trinajstić information content (AvgIpc) is 2.58. The van der Waals surface area contributed by atoms with Crippen LogP contribution in [0.25, 0.3) is 0 Å². The number of hydrazone groups is 1. The maximum absolute atomic E-state index is 11.7. The quantitative estimate of drug-likeness (QED) is 0.278. The molecule has 0 fully saturated rings. The van der Waals surface area contributed by atoms with Gasteiger partial charge >= 0.3 is 11.4 Å². The van der Waals surface area contributed by atoms with E-state index in [1.807, 2.05) is 10.1 Å². The number of aromatic nitrogens is 3. The summed E-state index contributed by atoms with van der Waals surface area (Å²) in [6.45, 7) is 0. The molecular formula is C13H12N6O7. The molecule has 0 saturated carbocycles. The Morgan fingerprint density at radius 1 is 1.50 bits per heavy atom. The third-order valence-electron chi connectivity index (χ3n) is 3.01. The van der Waals surface area contributed by atoms with E-state index in [-0.39, 0.29) is 17.0 Å². The number of carbonyl (C=O) groups excluding carboxylic acids is 1. The van der Waals surface area contributed by atoms with Gasteiger partial charge in [-0.1, -0.05) is 0 Å². The second-order valence-electron chi connectivity index (χ2n) is 4.77. The number of phenols is 1. The Bertz CT molecular complexity index is 993. The highest BCUT2D eigenvalue weighted by Crippen LogP contribution is 2.36. The minimum Gasteiger partial charge on any atom is -0.500 e. The first kappa shape index (κ1) is 18.3. The normalized spacial score (nSPS) is 10.7. The lowest BCUT2D eigenvalue weighted by molar-refractivity contribution is -0.386. The van der Waals surface area contributed by atoms with E-state index in [1.165, 1.54) is 13.2 Å². The number of nitro groups is 1. The number of nitrogens with zero attached hydrogens (tertiary/aromatic N) is 3. The summed E-state index contributed by atoms with van der Waals surface area (Å²) < 4.78 is 4.83. The summed E-state index contributed by atoms with van der Waals surface area (Å²) >= 11 is 0. The van der Waals surface area contributed by atoms with Crippen LogP contribution in [0.4, 0.5) is 5.69 Å². The predicted molar refractivity (Wildman–Crippen MR) is 86.2 cm³/mol. The molecule has 136 valence electrons. The summed E-state index contributed by atoms with van der Waals surface area (Å²) in [4.78, 5) is 46.0. The molecule has 1 heterocycles. The summed E-state index contributed by atoms with van der Waals surface area (Å²) in [5, 5.41) is 29.6. The fourth-order valence-corrected chi connectivity index (χ4v) is 1.85. The number of aromatic hydroxyl groups is 1. The van der Waals surface area contributed by atoms with Crippen LogP contribution in [0.15, 0.2) is 26.8 Å². The number of hydrogen-bond donors (Lipinski definition) is 4. The molecule has 0 unspecified atom stereocenters. The van der Waals surface area contributed by atoms with E-state index < -0.39 is 39.9 Å². The Hall–Kier alpha value is -4.03. The molecule has 4 N–H and O–H groups in total. The predicted octanol–water partition coefficient (Wildman–Crippen LogP) is -1.23. The number of nitro benzene ring substituents is 1. The van der Waals surface area contributed by atoms with Gasteiger partial charge in [0, 0.05) is 11.6 Å². The summed E-state index contributed by atoms with van der Waals surface area (Å²) in [7, 11) is 1.22. The summed E-state index contributed by atoms with van der Waals surface area (Å²) in [6, 6.07) is 2.30. The first-order chi connectivity index (χ1) is 12.3. The number of methoxy groups -OCH3 is 1. The standard InChI is InChI=1S/C13H12N6O7/c1-26-9-3-6(2-8(11(9)21)19(24)25)5-14-17-10(20)4-7-12(22)15-13(23)18-16-7/h2-3,5,21H,4H2,1H3,(H,17,20)(H2,15,18,22,23)/b14-5+. The number of carbonyl (C=O) groups is 1. The number of benzene rings is 1. The first-order valence-corrected chi connectivity index (χ1v) is 6.87. The second-order valence-corrected chi connectivity index (χ2v) is 4.77. The second kappa shape index (κ2) is 7.69. The molecule has 0 radical (unpaired) electrons. The Kier molecular flexibility index (Phi) is 5.42. The van der Waals surface area contributed by atoms with Gasteiger partial charge in [0.05, 0.1) is 24.7 Å². The molecule has 0 spiro atoms. The third-order valence-corrected chi connectivity index (χ3v) is 3.01. The third kappa shape index (κ3) is 4.28. The highest BCUT2D eigenvalue weighted by atomic mass is 16.6. The van der Waals surface area contributed by atoms with Crippen molar-refractivity contribution in [3.05, 3.63) is 54.3 Å². The zero-order chi connectivity index (χ0) is 19.3. The fraction of sp³-hybridized carbons (Fsp3) is 0.154. The van der Waals surface area contributed by atoms with Crippen LogP contribution in [-0.2, 0) is 11.2 Å². The molecule has 13 nitrogen and oxygen atoms in total. The number of amides is 1. The van der Waals surface area contributed by atoms with Crippen molar-refractivity contribution in [2.45, 2.75) is 6.42 Å². The lowest BCUT2D eigenvalue weighted by Crippen LogP contribution is -2.31. The first-order valence-electron chi connectivity index (χ1n) is 6.87. The van der Waals surface area contributed by atoms with Crippen molar-refractivity contribution < 1.29 is 19.6 Å². The Morgan fingerprint density at radius 2 is 2.23 bits per heavy atom. The van der Waals surface area contributed by atoms with E-state index in [9.17, 15) is 29.6 Å². The van der Waals surface area contributed by atoms with Gasteiger partial charge in [0.2, 0.25) is 11.7 Å². The molecule has 2 rings (SSSR count). The van der Waals surface area contributed by atoms with Crippen LogP contribution >= 0.6 is 0 Å². The van der Waals surface area contributed by atoms with Crippen molar-refractivity contribution in [2.75, 3.05) is 7.11 Å². The monoisotopic (exact) mass is 364 g/mol. The summed E-state index contributed by atoms with van der Waals surface area (Å²) in [5.41, 5.74) is -0.170. The molecular weight excluding hydrogens is 352 g/mol. The van der Waals surface area contributed by atoms with Gasteiger partial charge in [0.1, 0.15) is 5.69 Å². The molecule has 0 aliphatic carbocycles. The molecule has 0 bridgehead atoms. The molecule has 0 aliphatic rings. The molecule has 26 heavy (non-hydrogen) atoms. The summed E-state index contributed by atoms with van der Waals surface area (Å²) in [6.07, 6.45) is 0.625. The number of hydrogen-bond acceptors (Lipinski definition) is 9. The van der Waals surface area contributed by atoms with E-state index in [0.29, 0.717) is 0 Å². The average molecular weight is 364 g/mol. The molecule has 1 amide bonds. The highest BCUT2D eigenvalue weighted by Gasteiger charge is 2.19. The van der Waals surface area contributed by atoms with Crippen LogP contribution in [0.1, 0.15) is 11.3 Å². The maximum atomic E-state index is 11.7. The molecule has 1 aromatic heterocycles. The minimum absolute atomic E-state index is 0.143. The molecule has 0 aliphatic heterocycles. The largest absolute Gasteiger partial charge is 0.500 e. The van der Waals surface area contributed by atoms with E-state index in [0.717, 1.165) is 12.3 Å². The van der Waals surface area contributed by atoms with Crippen molar-refractivity contribution in [1.82, 2.24) is 20.6 Å².